The molecule has 0 amide bonds. The molecule has 0 unspecified atom stereocenters. The van der Waals surface area contributed by atoms with Crippen LogP contribution in [0.4, 0.5) is 5.82 Å². The average molecular weight is 232 g/mol. The van der Waals surface area contributed by atoms with Crippen LogP contribution in [0.25, 0.3) is 5.65 Å². The van der Waals surface area contributed by atoms with E-state index >= 15 is 0 Å². The van der Waals surface area contributed by atoms with Gasteiger partial charge in [0.25, 0.3) is 0 Å². The SMILES string of the molecule is Cc1nnc2c(N3CCC[C@H](N)C3)nccn12. The summed E-state index contributed by atoms with van der Waals surface area (Å²) in [5.41, 5.74) is 6.82. The minimum atomic E-state index is 0.231. The van der Waals surface area contributed by atoms with Crippen molar-refractivity contribution in [3.8, 4) is 0 Å². The average Bonchev–Trinajstić information content (AvgIpc) is 2.71. The van der Waals surface area contributed by atoms with Crippen molar-refractivity contribution in [3.63, 3.8) is 0 Å². The Balaban J connectivity index is 2.04. The van der Waals surface area contributed by atoms with Gasteiger partial charge < -0.3 is 10.6 Å². The Morgan fingerprint density at radius 3 is 3.12 bits per heavy atom. The van der Waals surface area contributed by atoms with Crippen LogP contribution in [-0.4, -0.2) is 38.7 Å². The number of nitrogens with two attached hydrogens (primary N) is 1. The molecular formula is C11H16N6. The van der Waals surface area contributed by atoms with Crippen LogP contribution in [-0.2, 0) is 0 Å². The number of hydrogen-bond donors (Lipinski definition) is 1. The van der Waals surface area contributed by atoms with Crippen molar-refractivity contribution in [2.75, 3.05) is 18.0 Å². The second kappa shape index (κ2) is 3.96. The molecule has 2 N–H and O–H groups in total. The van der Waals surface area contributed by atoms with E-state index in [1.807, 2.05) is 17.5 Å². The van der Waals surface area contributed by atoms with Crippen LogP contribution in [0, 0.1) is 6.92 Å². The molecule has 90 valence electrons. The third kappa shape index (κ3) is 1.74. The van der Waals surface area contributed by atoms with E-state index in [1.165, 1.54) is 0 Å². The maximum atomic E-state index is 6.00. The maximum Gasteiger partial charge on any atom is 0.203 e. The zero-order valence-electron chi connectivity index (χ0n) is 9.87. The molecule has 0 bridgehead atoms. The fourth-order valence-corrected chi connectivity index (χ4v) is 2.35. The highest BCUT2D eigenvalue weighted by Crippen LogP contribution is 2.21. The monoisotopic (exact) mass is 232 g/mol. The van der Waals surface area contributed by atoms with Gasteiger partial charge in [-0.25, -0.2) is 4.98 Å². The highest BCUT2D eigenvalue weighted by atomic mass is 15.3. The van der Waals surface area contributed by atoms with Crippen LogP contribution < -0.4 is 10.6 Å². The molecule has 0 aliphatic carbocycles. The van der Waals surface area contributed by atoms with E-state index in [4.69, 9.17) is 5.73 Å². The minimum Gasteiger partial charge on any atom is -0.352 e. The minimum absolute atomic E-state index is 0.231. The fraction of sp³-hybridized carbons (Fsp3) is 0.545. The normalized spacial score (nSPS) is 21.1. The van der Waals surface area contributed by atoms with E-state index in [-0.39, 0.29) is 6.04 Å². The predicted molar refractivity (Wildman–Crippen MR) is 64.9 cm³/mol. The summed E-state index contributed by atoms with van der Waals surface area (Å²) >= 11 is 0. The molecule has 1 saturated heterocycles. The summed E-state index contributed by atoms with van der Waals surface area (Å²) < 4.78 is 1.96. The summed E-state index contributed by atoms with van der Waals surface area (Å²) in [6.45, 7) is 3.77. The Hall–Kier alpha value is -1.69. The molecule has 0 radical (unpaired) electrons. The molecular weight excluding hydrogens is 216 g/mol. The van der Waals surface area contributed by atoms with Crippen LogP contribution in [0.2, 0.25) is 0 Å². The summed E-state index contributed by atoms with van der Waals surface area (Å²) in [5.74, 6) is 1.77. The van der Waals surface area contributed by atoms with Gasteiger partial charge in [-0.2, -0.15) is 0 Å². The fourth-order valence-electron chi connectivity index (χ4n) is 2.35. The van der Waals surface area contributed by atoms with E-state index in [0.29, 0.717) is 0 Å². The first-order chi connectivity index (χ1) is 8.25. The van der Waals surface area contributed by atoms with E-state index in [0.717, 1.165) is 43.2 Å². The summed E-state index contributed by atoms with van der Waals surface area (Å²) in [6.07, 6.45) is 5.87. The van der Waals surface area contributed by atoms with Gasteiger partial charge >= 0.3 is 0 Å². The molecule has 3 heterocycles. The van der Waals surface area contributed by atoms with Gasteiger partial charge in [0.2, 0.25) is 5.65 Å². The smallest absolute Gasteiger partial charge is 0.203 e. The van der Waals surface area contributed by atoms with Crippen molar-refractivity contribution in [2.24, 2.45) is 5.73 Å². The second-order valence-corrected chi connectivity index (χ2v) is 4.54. The predicted octanol–water partition coefficient (Wildman–Crippen LogP) is 0.360. The van der Waals surface area contributed by atoms with Gasteiger partial charge in [-0.05, 0) is 19.8 Å². The van der Waals surface area contributed by atoms with E-state index in [2.05, 4.69) is 20.1 Å². The molecule has 0 spiro atoms. The Labute approximate surface area is 99.5 Å². The van der Waals surface area contributed by atoms with Crippen LogP contribution in [0.15, 0.2) is 12.4 Å². The Morgan fingerprint density at radius 1 is 1.41 bits per heavy atom. The highest BCUT2D eigenvalue weighted by molar-refractivity contribution is 5.63. The van der Waals surface area contributed by atoms with Crippen molar-refractivity contribution < 1.29 is 0 Å². The van der Waals surface area contributed by atoms with Crippen LogP contribution in [0.1, 0.15) is 18.7 Å². The van der Waals surface area contributed by atoms with E-state index in [1.54, 1.807) is 6.20 Å². The van der Waals surface area contributed by atoms with Gasteiger partial charge in [0.1, 0.15) is 5.82 Å². The highest BCUT2D eigenvalue weighted by Gasteiger charge is 2.21. The molecule has 0 aromatic carbocycles. The summed E-state index contributed by atoms with van der Waals surface area (Å²) in [6, 6.07) is 0.231. The third-order valence-electron chi connectivity index (χ3n) is 3.24. The first-order valence-electron chi connectivity index (χ1n) is 5.92. The van der Waals surface area contributed by atoms with E-state index < -0.39 is 0 Å². The molecule has 3 rings (SSSR count). The number of aromatic nitrogens is 4. The third-order valence-corrected chi connectivity index (χ3v) is 3.24. The molecule has 2 aromatic heterocycles. The molecule has 1 atom stereocenters. The summed E-state index contributed by atoms with van der Waals surface area (Å²) in [7, 11) is 0. The first-order valence-corrected chi connectivity index (χ1v) is 5.92. The van der Waals surface area contributed by atoms with Crippen molar-refractivity contribution in [1.82, 2.24) is 19.6 Å². The molecule has 1 aliphatic heterocycles. The van der Waals surface area contributed by atoms with Crippen molar-refractivity contribution in [3.05, 3.63) is 18.2 Å². The van der Waals surface area contributed by atoms with Gasteiger partial charge in [0, 0.05) is 31.5 Å². The summed E-state index contributed by atoms with van der Waals surface area (Å²) in [4.78, 5) is 6.63. The van der Waals surface area contributed by atoms with Gasteiger partial charge in [-0.1, -0.05) is 0 Å². The standard InChI is InChI=1S/C11H16N6/c1-8-14-15-11-10(13-4-6-17(8)11)16-5-2-3-9(12)7-16/h4,6,9H,2-3,5,7,12H2,1H3/t9-/m0/s1. The maximum absolute atomic E-state index is 6.00. The Kier molecular flexibility index (Phi) is 2.44. The molecule has 17 heavy (non-hydrogen) atoms. The number of piperidine rings is 1. The number of anilines is 1. The van der Waals surface area contributed by atoms with Gasteiger partial charge in [0.05, 0.1) is 0 Å². The van der Waals surface area contributed by atoms with E-state index in [9.17, 15) is 0 Å². The lowest BCUT2D eigenvalue weighted by Gasteiger charge is -2.31. The second-order valence-electron chi connectivity index (χ2n) is 4.54. The zero-order chi connectivity index (χ0) is 11.8. The topological polar surface area (TPSA) is 72.3 Å². The molecule has 1 aliphatic rings. The number of fused-ring (bicyclic) bond motifs is 1. The van der Waals surface area contributed by atoms with Gasteiger partial charge in [-0.15, -0.1) is 10.2 Å². The van der Waals surface area contributed by atoms with Crippen molar-refractivity contribution >= 4 is 11.5 Å². The first kappa shape index (κ1) is 10.5. The number of hydrogen-bond acceptors (Lipinski definition) is 5. The number of aryl methyl sites for hydroxylation is 1. The number of nitrogens with zero attached hydrogens (tertiary/aromatic N) is 5. The largest absolute Gasteiger partial charge is 0.352 e. The van der Waals surface area contributed by atoms with Crippen LogP contribution in [0.3, 0.4) is 0 Å². The van der Waals surface area contributed by atoms with Crippen molar-refractivity contribution in [2.45, 2.75) is 25.8 Å². The Bertz CT molecular complexity index is 534. The summed E-state index contributed by atoms with van der Waals surface area (Å²) in [5, 5.41) is 8.27. The molecule has 2 aromatic rings. The van der Waals surface area contributed by atoms with Crippen LogP contribution in [0.5, 0.6) is 0 Å². The van der Waals surface area contributed by atoms with Crippen molar-refractivity contribution in [1.29, 1.82) is 0 Å². The molecule has 1 fully saturated rings. The lowest BCUT2D eigenvalue weighted by atomic mass is 10.1. The molecule has 6 nitrogen and oxygen atoms in total. The Morgan fingerprint density at radius 2 is 2.29 bits per heavy atom. The molecule has 0 saturated carbocycles. The molecule has 6 heteroatoms. The lowest BCUT2D eigenvalue weighted by Crippen LogP contribution is -2.43. The number of rotatable bonds is 1. The van der Waals surface area contributed by atoms with Crippen LogP contribution >= 0.6 is 0 Å². The zero-order valence-corrected chi connectivity index (χ0v) is 9.87. The quantitative estimate of drug-likeness (QED) is 0.768. The lowest BCUT2D eigenvalue weighted by molar-refractivity contribution is 0.503. The van der Waals surface area contributed by atoms with Gasteiger partial charge in [-0.3, -0.25) is 4.40 Å². The van der Waals surface area contributed by atoms with Gasteiger partial charge in [0.15, 0.2) is 5.82 Å².